The predicted molar refractivity (Wildman–Crippen MR) is 186 cm³/mol. The molecule has 3 N–H and O–H groups in total. The third-order valence-electron chi connectivity index (χ3n) is 10.7. The number of piperidine rings is 1. The molecule has 3 aliphatic rings. The maximum absolute atomic E-state index is 16.9. The van der Waals surface area contributed by atoms with Crippen LogP contribution in [0.5, 0.6) is 6.01 Å². The predicted octanol–water partition coefficient (Wildman–Crippen LogP) is 6.00. The van der Waals surface area contributed by atoms with Gasteiger partial charge in [0.25, 0.3) is 6.08 Å². The molecule has 20 heteroatoms. The molecular formula is C34H35ClF6N10O3. The maximum Gasteiger partial charge on any atom is 0.418 e. The number of nitrogens with zero attached hydrogens (tertiary/aromatic N) is 8. The molecule has 54 heavy (non-hydrogen) atoms. The van der Waals surface area contributed by atoms with E-state index in [1.165, 1.54) is 17.9 Å². The molecule has 288 valence electrons. The lowest BCUT2D eigenvalue weighted by Gasteiger charge is -2.42. The van der Waals surface area contributed by atoms with E-state index in [1.54, 1.807) is 7.05 Å². The van der Waals surface area contributed by atoms with E-state index >= 15 is 4.39 Å². The summed E-state index contributed by atoms with van der Waals surface area (Å²) in [4.78, 5) is 43.1. The van der Waals surface area contributed by atoms with Gasteiger partial charge in [-0.1, -0.05) is 11.6 Å². The number of carbonyl (C=O) groups is 1. The van der Waals surface area contributed by atoms with E-state index in [0.717, 1.165) is 23.4 Å². The van der Waals surface area contributed by atoms with Gasteiger partial charge in [-0.15, -0.1) is 0 Å². The minimum absolute atomic E-state index is 0.00642. The average Bonchev–Trinajstić information content (AvgIpc) is 3.80. The summed E-state index contributed by atoms with van der Waals surface area (Å²) in [5.41, 5.74) is 0.973. The highest BCUT2D eigenvalue weighted by Crippen LogP contribution is 2.46. The number of carbonyl (C=O) groups excluding carboxylic acids is 1. The number of fused-ring (bicyclic) bond motifs is 2. The van der Waals surface area contributed by atoms with Crippen molar-refractivity contribution in [3.8, 4) is 17.3 Å². The summed E-state index contributed by atoms with van der Waals surface area (Å²) < 4.78 is 94.4. The molecule has 2 unspecified atom stereocenters. The summed E-state index contributed by atoms with van der Waals surface area (Å²) in [5, 5.41) is 5.45. The van der Waals surface area contributed by atoms with E-state index in [9.17, 15) is 31.5 Å². The van der Waals surface area contributed by atoms with Gasteiger partial charge < -0.3 is 20.3 Å². The van der Waals surface area contributed by atoms with Crippen LogP contribution < -0.4 is 21.1 Å². The maximum atomic E-state index is 16.9. The minimum Gasteiger partial charge on any atom is -0.461 e. The molecule has 3 aromatic heterocycles. The second kappa shape index (κ2) is 13.7. The number of alkyl halides is 3. The van der Waals surface area contributed by atoms with Crippen molar-refractivity contribution in [2.45, 2.75) is 69.8 Å². The molecule has 3 atom stereocenters. The number of aryl methyl sites for hydroxylation is 1. The van der Waals surface area contributed by atoms with E-state index in [4.69, 9.17) is 22.1 Å². The van der Waals surface area contributed by atoms with Crippen molar-refractivity contribution < 1.29 is 35.9 Å². The fraction of sp³-hybridized carbons (Fsp3) is 0.471. The Bertz CT molecular complexity index is 2240. The van der Waals surface area contributed by atoms with Crippen molar-refractivity contribution >= 4 is 40.2 Å². The first kappa shape index (κ1) is 37.4. The van der Waals surface area contributed by atoms with E-state index in [0.29, 0.717) is 25.8 Å². The highest BCUT2D eigenvalue weighted by Gasteiger charge is 2.48. The zero-order valence-corrected chi connectivity index (χ0v) is 30.0. The number of ether oxygens (including phenoxy) is 1. The monoisotopic (exact) mass is 780 g/mol. The van der Waals surface area contributed by atoms with Crippen LogP contribution in [0.15, 0.2) is 34.9 Å². The van der Waals surface area contributed by atoms with E-state index in [2.05, 4.69) is 25.1 Å². The van der Waals surface area contributed by atoms with Gasteiger partial charge in [0.15, 0.2) is 5.82 Å². The van der Waals surface area contributed by atoms with Crippen LogP contribution in [0.25, 0.3) is 22.2 Å². The molecule has 0 saturated carbocycles. The van der Waals surface area contributed by atoms with Crippen molar-refractivity contribution in [1.82, 2.24) is 39.5 Å². The van der Waals surface area contributed by atoms with Crippen molar-refractivity contribution in [3.63, 3.8) is 0 Å². The quantitative estimate of drug-likeness (QED) is 0.223. The molecule has 0 radical (unpaired) electrons. The number of H-pyrrole nitrogens is 1. The van der Waals surface area contributed by atoms with E-state index in [1.807, 2.05) is 16.7 Å². The van der Waals surface area contributed by atoms with Gasteiger partial charge in [-0.25, -0.2) is 28.6 Å². The Morgan fingerprint density at radius 3 is 2.63 bits per heavy atom. The standard InChI is InChI=1S/C34H35ClF6N10O3/c1-16-9-22(42)44-27(24(16)34(39,40)41)23-21(35)11-20-26(25(23)36)45-30(54-14-33-6-4-7-49(33)13-18(12-33)28(37)38)46-29(20)50-8-5-19(10-17(50)2)48(3)32(53)51-15-43-47-31(51)52/h9,11,15,17,19H,4-8,10,12-14H2,1-3H3,(H2,42,44)(H,47,52)/t17-,19?,33?/m0/s1. The Kier molecular flexibility index (Phi) is 9.52. The number of aromatic amines is 1. The van der Waals surface area contributed by atoms with Crippen molar-refractivity contribution in [2.24, 2.45) is 0 Å². The van der Waals surface area contributed by atoms with E-state index in [-0.39, 0.29) is 72.4 Å². The van der Waals surface area contributed by atoms with Crippen LogP contribution >= 0.6 is 11.6 Å². The number of hydrogen-bond donors (Lipinski definition) is 2. The summed E-state index contributed by atoms with van der Waals surface area (Å²) in [6, 6.07) is 0.668. The van der Waals surface area contributed by atoms with Gasteiger partial charge in [-0.3, -0.25) is 4.90 Å². The summed E-state index contributed by atoms with van der Waals surface area (Å²) in [6.45, 7) is 3.83. The lowest BCUT2D eigenvalue weighted by molar-refractivity contribution is -0.137. The fourth-order valence-electron chi connectivity index (χ4n) is 8.09. The van der Waals surface area contributed by atoms with Crippen molar-refractivity contribution in [3.05, 3.63) is 62.6 Å². The second-order valence-corrected chi connectivity index (χ2v) is 14.5. The van der Waals surface area contributed by atoms with Gasteiger partial charge in [0.1, 0.15) is 30.1 Å². The fourth-order valence-corrected chi connectivity index (χ4v) is 8.37. The Hall–Kier alpha value is -4.91. The second-order valence-electron chi connectivity index (χ2n) is 14.1. The number of hydrogen-bond acceptors (Lipinski definition) is 10. The van der Waals surface area contributed by atoms with E-state index < -0.39 is 62.7 Å². The number of anilines is 2. The largest absolute Gasteiger partial charge is 0.461 e. The first-order chi connectivity index (χ1) is 25.5. The summed E-state index contributed by atoms with van der Waals surface area (Å²) in [5.74, 6) is -1.35. The molecule has 4 aromatic rings. The number of nitrogen functional groups attached to an aromatic ring is 1. The van der Waals surface area contributed by atoms with Crippen LogP contribution in [0, 0.1) is 12.7 Å². The van der Waals surface area contributed by atoms with Gasteiger partial charge in [0.05, 0.1) is 27.4 Å². The summed E-state index contributed by atoms with van der Waals surface area (Å²) >= 11 is 6.62. The lowest BCUT2D eigenvalue weighted by atomic mass is 9.94. The summed E-state index contributed by atoms with van der Waals surface area (Å²) in [6.07, 6.45) is -3.50. The first-order valence-corrected chi connectivity index (χ1v) is 17.5. The molecule has 0 bridgehead atoms. The number of amides is 1. The molecule has 7 rings (SSSR count). The molecule has 1 amide bonds. The van der Waals surface area contributed by atoms with Crippen LogP contribution in [-0.2, 0) is 6.18 Å². The molecule has 6 heterocycles. The van der Waals surface area contributed by atoms with Crippen LogP contribution in [-0.4, -0.2) is 96.5 Å². The number of halogens is 7. The van der Waals surface area contributed by atoms with Gasteiger partial charge in [-0.2, -0.15) is 37.0 Å². The normalized spacial score (nSPS) is 21.9. The van der Waals surface area contributed by atoms with Crippen molar-refractivity contribution in [1.29, 1.82) is 0 Å². The zero-order chi connectivity index (χ0) is 38.9. The Morgan fingerprint density at radius 2 is 1.96 bits per heavy atom. The highest BCUT2D eigenvalue weighted by atomic mass is 35.5. The van der Waals surface area contributed by atoms with Gasteiger partial charge in [0, 0.05) is 43.2 Å². The molecule has 0 aliphatic carbocycles. The van der Waals surface area contributed by atoms with Crippen LogP contribution in [0.1, 0.15) is 50.2 Å². The first-order valence-electron chi connectivity index (χ1n) is 17.1. The Labute approximate surface area is 308 Å². The number of pyridine rings is 1. The topological polar surface area (TPSA) is 151 Å². The number of rotatable bonds is 6. The average molecular weight is 781 g/mol. The third kappa shape index (κ3) is 6.50. The minimum atomic E-state index is -4.95. The van der Waals surface area contributed by atoms with Crippen molar-refractivity contribution in [2.75, 3.05) is 43.9 Å². The highest BCUT2D eigenvalue weighted by molar-refractivity contribution is 6.34. The number of nitrogens with two attached hydrogens (primary N) is 1. The van der Waals surface area contributed by atoms with Crippen LogP contribution in [0.2, 0.25) is 5.02 Å². The number of aromatic nitrogens is 6. The number of nitrogens with one attached hydrogen (secondary N) is 1. The Balaban J connectivity index is 1.31. The lowest BCUT2D eigenvalue weighted by Crippen LogP contribution is -2.51. The van der Waals surface area contributed by atoms with Gasteiger partial charge in [-0.05, 0) is 70.2 Å². The molecule has 0 spiro atoms. The van der Waals surface area contributed by atoms with Crippen LogP contribution in [0.4, 0.5) is 42.8 Å². The molecule has 3 saturated heterocycles. The molecule has 13 nitrogen and oxygen atoms in total. The smallest absolute Gasteiger partial charge is 0.418 e. The SMILES string of the molecule is Cc1cc(N)nc(-c2c(Cl)cc3c(N4CCC(N(C)C(=O)n5cn[nH]c5=O)C[C@@H]4C)nc(OCC45CCCN4CC(=C(F)F)C5)nc3c2F)c1C(F)(F)F. The third-order valence-corrected chi connectivity index (χ3v) is 11.0. The molecule has 3 fully saturated rings. The van der Waals surface area contributed by atoms with Gasteiger partial charge >= 0.3 is 23.9 Å². The zero-order valence-electron chi connectivity index (χ0n) is 29.3. The van der Waals surface area contributed by atoms with Gasteiger partial charge in [0.2, 0.25) is 0 Å². The molecule has 1 aromatic carbocycles. The Morgan fingerprint density at radius 1 is 1.20 bits per heavy atom. The molecular weight excluding hydrogens is 746 g/mol. The number of benzene rings is 1. The summed E-state index contributed by atoms with van der Waals surface area (Å²) in [7, 11) is 1.56. The van der Waals surface area contributed by atoms with Crippen LogP contribution in [0.3, 0.4) is 0 Å². The molecule has 3 aliphatic heterocycles.